The van der Waals surface area contributed by atoms with Crippen LogP contribution in [-0.2, 0) is 4.79 Å². The zero-order valence-electron chi connectivity index (χ0n) is 14.4. The SMILES string of the molecule is Cc1cc(C)cc(NC(=O)C(C)NC(=O)c2n[nH]c3ccccc23)c1. The lowest BCUT2D eigenvalue weighted by Crippen LogP contribution is -2.41. The Morgan fingerprint density at radius 2 is 1.76 bits per heavy atom. The number of fused-ring (bicyclic) bond motifs is 1. The Hall–Kier alpha value is -3.15. The molecule has 6 nitrogen and oxygen atoms in total. The highest BCUT2D eigenvalue weighted by Crippen LogP contribution is 2.16. The Kier molecular flexibility index (Phi) is 4.52. The predicted octanol–water partition coefficient (Wildman–Crippen LogP) is 2.94. The Morgan fingerprint density at radius 1 is 1.08 bits per heavy atom. The number of nitrogens with zero attached hydrogens (tertiary/aromatic N) is 1. The van der Waals surface area contributed by atoms with E-state index in [1.165, 1.54) is 0 Å². The fourth-order valence-electron chi connectivity index (χ4n) is 2.76. The van der Waals surface area contributed by atoms with Gasteiger partial charge in [-0.1, -0.05) is 24.3 Å². The third-order valence-corrected chi connectivity index (χ3v) is 3.92. The molecule has 1 heterocycles. The molecule has 3 rings (SSSR count). The van der Waals surface area contributed by atoms with E-state index in [9.17, 15) is 9.59 Å². The van der Waals surface area contributed by atoms with Crippen molar-refractivity contribution < 1.29 is 9.59 Å². The molecule has 6 heteroatoms. The first-order valence-corrected chi connectivity index (χ1v) is 8.07. The Morgan fingerprint density at radius 3 is 2.48 bits per heavy atom. The molecule has 3 N–H and O–H groups in total. The Bertz CT molecular complexity index is 925. The fraction of sp³-hybridized carbons (Fsp3) is 0.211. The van der Waals surface area contributed by atoms with E-state index >= 15 is 0 Å². The summed E-state index contributed by atoms with van der Waals surface area (Å²) in [4.78, 5) is 24.8. The third kappa shape index (κ3) is 3.68. The minimum absolute atomic E-state index is 0.279. The maximum atomic E-state index is 12.4. The summed E-state index contributed by atoms with van der Waals surface area (Å²) in [6, 6.07) is 12.5. The molecule has 1 unspecified atom stereocenters. The predicted molar refractivity (Wildman–Crippen MR) is 97.6 cm³/mol. The maximum absolute atomic E-state index is 12.4. The number of aromatic nitrogens is 2. The van der Waals surface area contributed by atoms with Gasteiger partial charge >= 0.3 is 0 Å². The van der Waals surface area contributed by atoms with E-state index in [1.807, 2.05) is 56.3 Å². The molecular weight excluding hydrogens is 316 g/mol. The van der Waals surface area contributed by atoms with Crippen molar-refractivity contribution in [2.75, 3.05) is 5.32 Å². The number of anilines is 1. The number of hydrogen-bond donors (Lipinski definition) is 3. The maximum Gasteiger partial charge on any atom is 0.273 e. The van der Waals surface area contributed by atoms with Gasteiger partial charge in [-0.3, -0.25) is 14.7 Å². The number of carbonyl (C=O) groups is 2. The van der Waals surface area contributed by atoms with Gasteiger partial charge in [-0.2, -0.15) is 5.10 Å². The van der Waals surface area contributed by atoms with Gasteiger partial charge in [0.15, 0.2) is 5.69 Å². The van der Waals surface area contributed by atoms with Crippen LogP contribution >= 0.6 is 0 Å². The minimum Gasteiger partial charge on any atom is -0.339 e. The van der Waals surface area contributed by atoms with Crippen LogP contribution in [0.15, 0.2) is 42.5 Å². The van der Waals surface area contributed by atoms with E-state index in [0.29, 0.717) is 5.69 Å². The second-order valence-corrected chi connectivity index (χ2v) is 6.18. The van der Waals surface area contributed by atoms with Crippen molar-refractivity contribution in [3.8, 4) is 0 Å². The fourth-order valence-corrected chi connectivity index (χ4v) is 2.76. The van der Waals surface area contributed by atoms with Gasteiger partial charge in [0.2, 0.25) is 5.91 Å². The van der Waals surface area contributed by atoms with E-state index in [-0.39, 0.29) is 17.5 Å². The van der Waals surface area contributed by atoms with E-state index in [2.05, 4.69) is 20.8 Å². The van der Waals surface area contributed by atoms with Gasteiger partial charge < -0.3 is 10.6 Å². The number of nitrogens with one attached hydrogen (secondary N) is 3. The van der Waals surface area contributed by atoms with Crippen molar-refractivity contribution in [1.82, 2.24) is 15.5 Å². The lowest BCUT2D eigenvalue weighted by molar-refractivity contribution is -0.117. The van der Waals surface area contributed by atoms with Crippen molar-refractivity contribution in [2.45, 2.75) is 26.8 Å². The van der Waals surface area contributed by atoms with Gasteiger partial charge in [-0.25, -0.2) is 0 Å². The molecule has 1 aromatic heterocycles. The molecular formula is C19H20N4O2. The van der Waals surface area contributed by atoms with Crippen LogP contribution in [0.1, 0.15) is 28.5 Å². The summed E-state index contributed by atoms with van der Waals surface area (Å²) in [5.74, 6) is -0.668. The molecule has 3 aromatic rings. The highest BCUT2D eigenvalue weighted by molar-refractivity contribution is 6.06. The summed E-state index contributed by atoms with van der Waals surface area (Å²) < 4.78 is 0. The van der Waals surface area contributed by atoms with E-state index in [0.717, 1.165) is 22.0 Å². The second kappa shape index (κ2) is 6.76. The molecule has 2 amide bonds. The Labute approximate surface area is 145 Å². The molecule has 25 heavy (non-hydrogen) atoms. The third-order valence-electron chi connectivity index (χ3n) is 3.92. The monoisotopic (exact) mass is 336 g/mol. The van der Waals surface area contributed by atoms with E-state index in [4.69, 9.17) is 0 Å². The first-order chi connectivity index (χ1) is 11.9. The molecule has 0 aliphatic rings. The van der Waals surface area contributed by atoms with Gasteiger partial charge in [-0.15, -0.1) is 0 Å². The molecule has 2 aromatic carbocycles. The number of rotatable bonds is 4. The van der Waals surface area contributed by atoms with Gasteiger partial charge in [0.1, 0.15) is 6.04 Å². The number of para-hydroxylation sites is 1. The van der Waals surface area contributed by atoms with Crippen molar-refractivity contribution in [2.24, 2.45) is 0 Å². The number of hydrogen-bond acceptors (Lipinski definition) is 3. The molecule has 0 bridgehead atoms. The molecule has 1 atom stereocenters. The zero-order chi connectivity index (χ0) is 18.0. The summed E-state index contributed by atoms with van der Waals surface area (Å²) >= 11 is 0. The molecule has 0 fully saturated rings. The lowest BCUT2D eigenvalue weighted by atomic mass is 10.1. The number of amides is 2. The van der Waals surface area contributed by atoms with Crippen LogP contribution in [0, 0.1) is 13.8 Å². The minimum atomic E-state index is -0.691. The molecule has 0 aliphatic carbocycles. The van der Waals surface area contributed by atoms with Gasteiger partial charge in [0, 0.05) is 11.1 Å². The van der Waals surface area contributed by atoms with Crippen molar-refractivity contribution in [1.29, 1.82) is 0 Å². The highest BCUT2D eigenvalue weighted by atomic mass is 16.2. The first kappa shape index (κ1) is 16.7. The van der Waals surface area contributed by atoms with Crippen molar-refractivity contribution in [3.05, 3.63) is 59.3 Å². The van der Waals surface area contributed by atoms with Crippen molar-refractivity contribution >= 4 is 28.4 Å². The van der Waals surface area contributed by atoms with Gasteiger partial charge in [-0.05, 0) is 50.1 Å². The number of benzene rings is 2. The van der Waals surface area contributed by atoms with Crippen LogP contribution in [0.25, 0.3) is 10.9 Å². The topological polar surface area (TPSA) is 86.9 Å². The van der Waals surface area contributed by atoms with Crippen LogP contribution in [0.3, 0.4) is 0 Å². The van der Waals surface area contributed by atoms with Crippen LogP contribution in [0.5, 0.6) is 0 Å². The van der Waals surface area contributed by atoms with E-state index < -0.39 is 6.04 Å². The normalized spacial score (nSPS) is 12.0. The number of aromatic amines is 1. The molecule has 128 valence electrons. The summed E-state index contributed by atoms with van der Waals surface area (Å²) in [6.45, 7) is 5.58. The summed E-state index contributed by atoms with van der Waals surface area (Å²) in [6.07, 6.45) is 0. The number of aryl methyl sites for hydroxylation is 2. The largest absolute Gasteiger partial charge is 0.339 e. The van der Waals surface area contributed by atoms with Crippen LogP contribution in [0.4, 0.5) is 5.69 Å². The van der Waals surface area contributed by atoms with Crippen LogP contribution < -0.4 is 10.6 Å². The lowest BCUT2D eigenvalue weighted by Gasteiger charge is -2.14. The molecule has 0 radical (unpaired) electrons. The molecule has 0 aliphatic heterocycles. The molecule has 0 spiro atoms. The van der Waals surface area contributed by atoms with Gasteiger partial charge in [0.05, 0.1) is 5.52 Å². The number of carbonyl (C=O) groups excluding carboxylic acids is 2. The smallest absolute Gasteiger partial charge is 0.273 e. The highest BCUT2D eigenvalue weighted by Gasteiger charge is 2.20. The van der Waals surface area contributed by atoms with Crippen LogP contribution in [-0.4, -0.2) is 28.1 Å². The summed E-state index contributed by atoms with van der Waals surface area (Å²) in [5, 5.41) is 13.1. The first-order valence-electron chi connectivity index (χ1n) is 8.07. The van der Waals surface area contributed by atoms with Crippen molar-refractivity contribution in [3.63, 3.8) is 0 Å². The average Bonchev–Trinajstić information content (AvgIpc) is 2.97. The number of H-pyrrole nitrogens is 1. The Balaban J connectivity index is 1.69. The zero-order valence-corrected chi connectivity index (χ0v) is 14.4. The summed E-state index contributed by atoms with van der Waals surface area (Å²) in [5.41, 5.74) is 3.90. The second-order valence-electron chi connectivity index (χ2n) is 6.18. The summed E-state index contributed by atoms with van der Waals surface area (Å²) in [7, 11) is 0. The quantitative estimate of drug-likeness (QED) is 0.684. The average molecular weight is 336 g/mol. The van der Waals surface area contributed by atoms with E-state index in [1.54, 1.807) is 6.92 Å². The molecule has 0 saturated heterocycles. The standard InChI is InChI=1S/C19H20N4O2/c1-11-8-12(2)10-14(9-11)21-18(24)13(3)20-19(25)17-15-6-4-5-7-16(15)22-23-17/h4-10,13H,1-3H3,(H,20,25)(H,21,24)(H,22,23). The van der Waals surface area contributed by atoms with Crippen LogP contribution in [0.2, 0.25) is 0 Å². The van der Waals surface area contributed by atoms with Gasteiger partial charge in [0.25, 0.3) is 5.91 Å². The molecule has 0 saturated carbocycles.